The van der Waals surface area contributed by atoms with Crippen LogP contribution in [0.25, 0.3) is 0 Å². The van der Waals surface area contributed by atoms with Crippen molar-refractivity contribution in [2.24, 2.45) is 13.0 Å². The lowest BCUT2D eigenvalue weighted by atomic mass is 10.1. The molecular weight excluding hydrogens is 350 g/mol. The number of nitrogens with zero attached hydrogens (tertiary/aromatic N) is 4. The van der Waals surface area contributed by atoms with E-state index in [2.05, 4.69) is 20.4 Å². The molecular formula is C18H23N5O4. The molecule has 2 aromatic rings. The summed E-state index contributed by atoms with van der Waals surface area (Å²) in [6.07, 6.45) is 4.82. The molecule has 0 aromatic carbocycles. The number of hydrogen-bond acceptors (Lipinski definition) is 8. The highest BCUT2D eigenvalue weighted by Crippen LogP contribution is 2.42. The van der Waals surface area contributed by atoms with Gasteiger partial charge in [0.15, 0.2) is 5.79 Å². The molecule has 1 saturated carbocycles. The highest BCUT2D eigenvalue weighted by atomic mass is 16.8. The fraction of sp³-hybridized carbons (Fsp3) is 0.556. The van der Waals surface area contributed by atoms with Crippen molar-refractivity contribution < 1.29 is 19.4 Å². The van der Waals surface area contributed by atoms with Gasteiger partial charge in [0.2, 0.25) is 5.78 Å². The number of carbonyl (C=O) groups is 1. The normalized spacial score (nSPS) is 28.9. The number of ether oxygens (including phenoxy) is 2. The molecule has 2 fully saturated rings. The Morgan fingerprint density at radius 1 is 1.41 bits per heavy atom. The van der Waals surface area contributed by atoms with Gasteiger partial charge >= 0.3 is 0 Å². The van der Waals surface area contributed by atoms with Crippen LogP contribution < -0.4 is 5.32 Å². The summed E-state index contributed by atoms with van der Waals surface area (Å²) in [6.45, 7) is 3.73. The van der Waals surface area contributed by atoms with Gasteiger partial charge in [-0.2, -0.15) is 5.10 Å². The number of aliphatic hydroxyl groups excluding tert-OH is 1. The van der Waals surface area contributed by atoms with E-state index in [-0.39, 0.29) is 36.6 Å². The number of anilines is 1. The Morgan fingerprint density at radius 3 is 2.89 bits per heavy atom. The Morgan fingerprint density at radius 2 is 2.19 bits per heavy atom. The first-order chi connectivity index (χ1) is 12.9. The smallest absolute Gasteiger partial charge is 0.218 e. The van der Waals surface area contributed by atoms with E-state index in [0.29, 0.717) is 23.5 Å². The largest absolute Gasteiger partial charge is 0.396 e. The summed E-state index contributed by atoms with van der Waals surface area (Å²) in [4.78, 5) is 21.1. The van der Waals surface area contributed by atoms with Crippen LogP contribution >= 0.6 is 0 Å². The zero-order valence-corrected chi connectivity index (χ0v) is 15.5. The van der Waals surface area contributed by atoms with E-state index < -0.39 is 5.79 Å². The molecule has 0 bridgehead atoms. The van der Waals surface area contributed by atoms with Gasteiger partial charge in [-0.05, 0) is 26.3 Å². The molecule has 27 heavy (non-hydrogen) atoms. The molecule has 144 valence electrons. The summed E-state index contributed by atoms with van der Waals surface area (Å²) in [5, 5.41) is 17.2. The zero-order chi connectivity index (χ0) is 19.2. The lowest BCUT2D eigenvalue weighted by Crippen LogP contribution is -2.35. The lowest BCUT2D eigenvalue weighted by Gasteiger charge is -2.24. The number of rotatable bonds is 5. The van der Waals surface area contributed by atoms with Gasteiger partial charge in [0.25, 0.3) is 0 Å². The van der Waals surface area contributed by atoms with Crippen molar-refractivity contribution in [1.29, 1.82) is 0 Å². The molecule has 2 aromatic heterocycles. The fourth-order valence-corrected chi connectivity index (χ4v) is 3.87. The van der Waals surface area contributed by atoms with Crippen LogP contribution in [0.5, 0.6) is 0 Å². The van der Waals surface area contributed by atoms with E-state index in [1.807, 2.05) is 13.8 Å². The van der Waals surface area contributed by atoms with E-state index in [0.717, 1.165) is 0 Å². The van der Waals surface area contributed by atoms with Crippen LogP contribution in [-0.2, 0) is 16.5 Å². The van der Waals surface area contributed by atoms with Gasteiger partial charge in [-0.25, -0.2) is 9.97 Å². The quantitative estimate of drug-likeness (QED) is 0.739. The first-order valence-electron chi connectivity index (χ1n) is 8.95. The van der Waals surface area contributed by atoms with Crippen LogP contribution in [0, 0.1) is 5.92 Å². The van der Waals surface area contributed by atoms with Crippen molar-refractivity contribution in [3.8, 4) is 0 Å². The molecule has 4 atom stereocenters. The number of fused-ring (bicyclic) bond motifs is 1. The zero-order valence-electron chi connectivity index (χ0n) is 15.5. The van der Waals surface area contributed by atoms with Crippen molar-refractivity contribution in [3.05, 3.63) is 36.0 Å². The molecule has 0 unspecified atom stereocenters. The Labute approximate surface area is 156 Å². The van der Waals surface area contributed by atoms with Crippen LogP contribution in [0.1, 0.15) is 36.3 Å². The molecule has 1 saturated heterocycles. The molecule has 2 N–H and O–H groups in total. The topological polar surface area (TPSA) is 111 Å². The summed E-state index contributed by atoms with van der Waals surface area (Å²) in [7, 11) is 1.75. The van der Waals surface area contributed by atoms with Gasteiger partial charge < -0.3 is 19.9 Å². The number of aliphatic hydroxyl groups is 1. The summed E-state index contributed by atoms with van der Waals surface area (Å²) in [5.74, 6) is -0.570. The second-order valence-corrected chi connectivity index (χ2v) is 7.48. The van der Waals surface area contributed by atoms with Crippen LogP contribution in [0.3, 0.4) is 0 Å². The Kier molecular flexibility index (Phi) is 4.45. The van der Waals surface area contributed by atoms with Crippen molar-refractivity contribution in [1.82, 2.24) is 19.7 Å². The van der Waals surface area contributed by atoms with E-state index in [1.165, 1.54) is 12.5 Å². The van der Waals surface area contributed by atoms with E-state index in [4.69, 9.17) is 9.47 Å². The molecule has 0 amide bonds. The summed E-state index contributed by atoms with van der Waals surface area (Å²) < 4.78 is 13.6. The van der Waals surface area contributed by atoms with Crippen molar-refractivity contribution >= 4 is 11.6 Å². The first kappa shape index (κ1) is 18.0. The molecule has 9 heteroatoms. The molecule has 0 spiro atoms. The number of nitrogens with one attached hydrogen (secondary N) is 1. The predicted octanol–water partition coefficient (Wildman–Crippen LogP) is 0.754. The minimum atomic E-state index is -0.707. The average molecular weight is 373 g/mol. The molecule has 9 nitrogen and oxygen atoms in total. The van der Waals surface area contributed by atoms with Gasteiger partial charge in [0.1, 0.15) is 23.9 Å². The van der Waals surface area contributed by atoms with Crippen LogP contribution in [0.15, 0.2) is 24.8 Å². The summed E-state index contributed by atoms with van der Waals surface area (Å²) >= 11 is 0. The first-order valence-corrected chi connectivity index (χ1v) is 8.95. The van der Waals surface area contributed by atoms with E-state index in [1.54, 1.807) is 24.0 Å². The summed E-state index contributed by atoms with van der Waals surface area (Å²) in [6, 6.07) is 1.52. The number of hydrogen-bond donors (Lipinski definition) is 2. The Hall–Kier alpha value is -2.36. The number of ketones is 1. The number of aromatic nitrogens is 4. The maximum atomic E-state index is 12.8. The van der Waals surface area contributed by atoms with Crippen LogP contribution in [0.4, 0.5) is 5.82 Å². The number of carbonyl (C=O) groups excluding carboxylic acids is 1. The average Bonchev–Trinajstić information content (AvgIpc) is 3.28. The Bertz CT molecular complexity index is 852. The van der Waals surface area contributed by atoms with Crippen molar-refractivity contribution in [2.45, 2.75) is 44.3 Å². The molecule has 1 aliphatic heterocycles. The van der Waals surface area contributed by atoms with Gasteiger partial charge in [-0.15, -0.1) is 0 Å². The second-order valence-electron chi connectivity index (χ2n) is 7.48. The molecule has 3 heterocycles. The van der Waals surface area contributed by atoms with Crippen molar-refractivity contribution in [2.75, 3.05) is 11.9 Å². The highest BCUT2D eigenvalue weighted by Gasteiger charge is 2.53. The van der Waals surface area contributed by atoms with E-state index >= 15 is 0 Å². The lowest BCUT2D eigenvalue weighted by molar-refractivity contribution is -0.158. The monoisotopic (exact) mass is 373 g/mol. The molecule has 1 aliphatic carbocycles. The predicted molar refractivity (Wildman–Crippen MR) is 95.1 cm³/mol. The van der Waals surface area contributed by atoms with Gasteiger partial charge in [0, 0.05) is 32.0 Å². The fourth-order valence-electron chi connectivity index (χ4n) is 3.87. The molecule has 4 rings (SSSR count). The maximum absolute atomic E-state index is 12.8. The standard InChI is InChI=1S/C18H23N5O4/c1-18(2)26-15-10(8-24)6-13(16(15)27-18)21-17-11(7-19-9-20-17)14(25)12-4-5-23(3)22-12/h4-5,7,9-10,13,15-16,24H,6,8H2,1-3H3,(H,19,20,21)/t10-,13-,15-,16+/m1/s1. The molecule has 0 radical (unpaired) electrons. The van der Waals surface area contributed by atoms with Crippen LogP contribution in [-0.4, -0.2) is 61.3 Å². The number of aryl methyl sites for hydroxylation is 1. The summed E-state index contributed by atoms with van der Waals surface area (Å²) in [5.41, 5.74) is 0.674. The third-order valence-electron chi connectivity index (χ3n) is 5.04. The second kappa shape index (κ2) is 6.66. The van der Waals surface area contributed by atoms with Crippen LogP contribution in [0.2, 0.25) is 0 Å². The van der Waals surface area contributed by atoms with Gasteiger partial charge in [0.05, 0.1) is 17.7 Å². The third-order valence-corrected chi connectivity index (χ3v) is 5.04. The Balaban J connectivity index is 1.59. The highest BCUT2D eigenvalue weighted by molar-refractivity contribution is 6.10. The molecule has 2 aliphatic rings. The van der Waals surface area contributed by atoms with E-state index in [9.17, 15) is 9.90 Å². The SMILES string of the molecule is Cn1ccc(C(=O)c2cncnc2N[C@@H]2C[C@H](CO)[C@H]3OC(C)(C)O[C@H]32)n1. The third kappa shape index (κ3) is 3.33. The van der Waals surface area contributed by atoms with Gasteiger partial charge in [-0.1, -0.05) is 0 Å². The minimum absolute atomic E-state index is 0.0162. The maximum Gasteiger partial charge on any atom is 0.218 e. The van der Waals surface area contributed by atoms with Gasteiger partial charge in [-0.3, -0.25) is 9.48 Å². The van der Waals surface area contributed by atoms with Crippen molar-refractivity contribution in [3.63, 3.8) is 0 Å². The minimum Gasteiger partial charge on any atom is -0.396 e.